The number of allylic oxidation sites excluding steroid dienone is 1. The van der Waals surface area contributed by atoms with Crippen molar-refractivity contribution in [1.82, 2.24) is 15.3 Å². The summed E-state index contributed by atoms with van der Waals surface area (Å²) in [6.07, 6.45) is 3.68. The molecule has 3 rings (SSSR count). The summed E-state index contributed by atoms with van der Waals surface area (Å²) in [6.45, 7) is -0.0221. The van der Waals surface area contributed by atoms with E-state index in [0.29, 0.717) is 12.0 Å². The van der Waals surface area contributed by atoms with Crippen LogP contribution in [0.2, 0.25) is 0 Å². The van der Waals surface area contributed by atoms with Gasteiger partial charge in [-0.25, -0.2) is 10.8 Å². The Labute approximate surface area is 218 Å². The number of hydrogen-bond donors (Lipinski definition) is 2. The van der Waals surface area contributed by atoms with Gasteiger partial charge in [0.15, 0.2) is 5.78 Å². The van der Waals surface area contributed by atoms with Gasteiger partial charge < -0.3 is 41.4 Å². The molecule has 173 valence electrons. The molecule has 0 fully saturated rings. The Morgan fingerprint density at radius 3 is 2.55 bits per heavy atom. The summed E-state index contributed by atoms with van der Waals surface area (Å²) >= 11 is 0. The van der Waals surface area contributed by atoms with Gasteiger partial charge >= 0.3 is 45.7 Å². The number of hydrogen-bond acceptors (Lipinski definition) is 8. The molecule has 0 bridgehead atoms. The fraction of sp³-hybridized carbons (Fsp3) is 0.263. The summed E-state index contributed by atoms with van der Waals surface area (Å²) < 4.78 is 8.10. The third-order valence-electron chi connectivity index (χ3n) is 3.34. The number of alkyl carbamates (subject to hydrolysis) is 1. The maximum atomic E-state index is 11.2. The molecule has 2 amide bonds. The fourth-order valence-electron chi connectivity index (χ4n) is 1.99. The zero-order valence-electron chi connectivity index (χ0n) is 17.6. The van der Waals surface area contributed by atoms with Gasteiger partial charge in [-0.15, -0.1) is 18.6 Å². The number of rotatable bonds is 6. The van der Waals surface area contributed by atoms with E-state index in [-0.39, 0.29) is 67.0 Å². The summed E-state index contributed by atoms with van der Waals surface area (Å²) in [5.74, 6) is -0.0914. The van der Waals surface area contributed by atoms with E-state index in [0.717, 1.165) is 23.9 Å². The van der Waals surface area contributed by atoms with Gasteiger partial charge in [0.1, 0.15) is 0 Å². The number of ether oxygens (including phenoxy) is 2. The zero-order valence-corrected chi connectivity index (χ0v) is 23.0. The minimum Gasteiger partial charge on any atom is -0.632 e. The molecule has 3 N–H and O–H groups in total. The van der Waals surface area contributed by atoms with Crippen LogP contribution in [0.25, 0.3) is 16.8 Å². The van der Waals surface area contributed by atoms with E-state index in [9.17, 15) is 19.2 Å². The van der Waals surface area contributed by atoms with Crippen LogP contribution in [0.3, 0.4) is 0 Å². The Morgan fingerprint density at radius 1 is 1.33 bits per heavy atom. The first-order valence-corrected chi connectivity index (χ1v) is 9.62. The van der Waals surface area contributed by atoms with Gasteiger partial charge in [0, 0.05) is 6.42 Å². The number of aromatic nitrogens is 2. The summed E-state index contributed by atoms with van der Waals surface area (Å²) in [7, 11) is 2.40. The molecule has 1 unspecified atom stereocenters. The smallest absolute Gasteiger partial charge is 0.632 e. The number of amides is 2. The van der Waals surface area contributed by atoms with Gasteiger partial charge in [-0.3, -0.25) is 14.6 Å². The topological polar surface area (TPSA) is 164 Å². The second kappa shape index (κ2) is 19.2. The average molecular weight is 680 g/mol. The third kappa shape index (κ3) is 14.4. The van der Waals surface area contributed by atoms with Crippen LogP contribution < -0.4 is 10.9 Å². The number of fused-ring (bicyclic) bond motifs is 1. The molecular formula is C19H20N5O6PVW. The summed E-state index contributed by atoms with van der Waals surface area (Å²) in [5.41, 5.74) is 9.20. The molecule has 1 aliphatic rings. The number of aliphatic imine (C=N–C) groups is 1. The van der Waals surface area contributed by atoms with Crippen molar-refractivity contribution in [1.29, 1.82) is 0 Å². The van der Waals surface area contributed by atoms with Crippen LogP contribution >= 0.6 is 8.58 Å². The van der Waals surface area contributed by atoms with E-state index in [1.807, 2.05) is 12.1 Å². The SMILES string of the molecule is COC(=O)NCC(=O)CC1=NC=[C-]C1.COC([NH-])=O.O=[C-]Pc1nc2c[c-]ccc2[nH]1.[V+2].[W+2]. The standard InChI is InChI=1S/C9H11N2O3.C8H5N2OP.C2H5NO2.V.W/c1-14-9(13)11-6-8(12)5-7-3-2-4-10-7;11-5-12-8-9-6-3-1-2-4-7(6)10-8;1-5-2(3)4;;/h4H,3,5-6H2,1H3,(H,11,13);1,3-4,12H,(H,9,10);1H3,(H2,3,4);;/q-1;-2;;2*+2/p-1. The molecule has 1 atom stereocenters. The van der Waals surface area contributed by atoms with Gasteiger partial charge in [0.2, 0.25) is 6.09 Å². The molecule has 0 aliphatic carbocycles. The molecule has 1 aromatic heterocycles. The maximum Gasteiger partial charge on any atom is 2.00 e. The van der Waals surface area contributed by atoms with Crippen molar-refractivity contribution < 1.29 is 68.3 Å². The Hall–Kier alpha value is -2.32. The van der Waals surface area contributed by atoms with E-state index < -0.39 is 12.2 Å². The van der Waals surface area contributed by atoms with Crippen LogP contribution in [0, 0.1) is 12.1 Å². The van der Waals surface area contributed by atoms with Gasteiger partial charge in [-0.2, -0.15) is 26.9 Å². The molecule has 0 saturated carbocycles. The van der Waals surface area contributed by atoms with Gasteiger partial charge in [0.25, 0.3) is 0 Å². The first-order chi connectivity index (χ1) is 14.9. The molecule has 0 spiro atoms. The minimum absolute atomic E-state index is 0. The Balaban J connectivity index is 0. The van der Waals surface area contributed by atoms with Crippen LogP contribution in [0.5, 0.6) is 0 Å². The van der Waals surface area contributed by atoms with E-state index in [1.54, 1.807) is 18.3 Å². The van der Waals surface area contributed by atoms with Crippen molar-refractivity contribution in [3.8, 4) is 0 Å². The molecule has 0 saturated heterocycles. The average Bonchev–Trinajstić information content (AvgIpc) is 3.42. The van der Waals surface area contributed by atoms with Crippen molar-refractivity contribution in [2.75, 3.05) is 20.8 Å². The van der Waals surface area contributed by atoms with Crippen LogP contribution in [0.1, 0.15) is 12.8 Å². The van der Waals surface area contributed by atoms with Crippen LogP contribution in [0.15, 0.2) is 29.4 Å². The molecule has 1 radical (unpaired) electrons. The molecular weight excluding hydrogens is 660 g/mol. The van der Waals surface area contributed by atoms with Crippen molar-refractivity contribution in [3.63, 3.8) is 0 Å². The second-order valence-electron chi connectivity index (χ2n) is 5.51. The Morgan fingerprint density at radius 2 is 2.03 bits per heavy atom. The Kier molecular flexibility index (Phi) is 19.1. The monoisotopic (exact) mass is 680 g/mol. The molecule has 33 heavy (non-hydrogen) atoms. The number of H-pyrrole nitrogens is 1. The number of imidazole rings is 1. The molecule has 14 heteroatoms. The number of benzene rings is 1. The summed E-state index contributed by atoms with van der Waals surface area (Å²) in [5, 5.41) is 2.31. The summed E-state index contributed by atoms with van der Waals surface area (Å²) in [4.78, 5) is 52.3. The first kappa shape index (κ1) is 32.9. The first-order valence-electron chi connectivity index (χ1n) is 8.62. The van der Waals surface area contributed by atoms with Crippen LogP contribution in [-0.2, 0) is 58.7 Å². The Bertz CT molecular complexity index is 936. The van der Waals surface area contributed by atoms with E-state index >= 15 is 0 Å². The van der Waals surface area contributed by atoms with Gasteiger partial charge in [-0.05, 0) is 16.7 Å². The van der Waals surface area contributed by atoms with Crippen LogP contribution in [0.4, 0.5) is 9.59 Å². The molecule has 1 aliphatic heterocycles. The largest absolute Gasteiger partial charge is 2.00 e. The zero-order chi connectivity index (χ0) is 23.1. The number of aromatic amines is 1. The number of methoxy groups -OCH3 is 2. The number of nitrogens with one attached hydrogen (secondary N) is 3. The second-order valence-corrected chi connectivity index (χ2v) is 6.44. The van der Waals surface area contributed by atoms with Gasteiger partial charge in [0.05, 0.1) is 26.3 Å². The predicted octanol–water partition coefficient (Wildman–Crippen LogP) is 2.00. The van der Waals surface area contributed by atoms with E-state index in [1.165, 1.54) is 7.11 Å². The van der Waals surface area contributed by atoms with E-state index in [2.05, 4.69) is 41.9 Å². The number of carbonyl (C=O) groups excluding carboxylic acids is 4. The number of Topliss-reactive ketones (excluding diaryl/α,β-unsaturated/α-hetero) is 1. The van der Waals surface area contributed by atoms with Crippen molar-refractivity contribution >= 4 is 54.9 Å². The minimum atomic E-state index is -0.995. The van der Waals surface area contributed by atoms with Crippen molar-refractivity contribution in [2.45, 2.75) is 12.8 Å². The summed E-state index contributed by atoms with van der Waals surface area (Å²) in [6, 6.07) is 10.2. The van der Waals surface area contributed by atoms with E-state index in [4.69, 9.17) is 5.73 Å². The van der Waals surface area contributed by atoms with Crippen molar-refractivity contribution in [3.05, 3.63) is 42.3 Å². The molecule has 2 heterocycles. The molecule has 1 aromatic carbocycles. The third-order valence-corrected chi connectivity index (χ3v) is 3.92. The molecule has 2 aromatic rings. The number of carbonyl (C=O) groups is 3. The van der Waals surface area contributed by atoms with Gasteiger partial charge in [-0.1, -0.05) is 0 Å². The number of nitrogens with zero attached hydrogens (tertiary/aromatic N) is 2. The fourth-order valence-corrected chi connectivity index (χ4v) is 2.46. The van der Waals surface area contributed by atoms with Crippen LogP contribution in [-0.4, -0.2) is 60.4 Å². The van der Waals surface area contributed by atoms with Crippen molar-refractivity contribution in [2.24, 2.45) is 4.99 Å². The predicted molar refractivity (Wildman–Crippen MR) is 115 cm³/mol. The normalized spacial score (nSPS) is 10.9. The number of ketones is 1. The maximum absolute atomic E-state index is 11.2. The molecule has 11 nitrogen and oxygen atoms in total. The quantitative estimate of drug-likeness (QED) is 0.348.